The van der Waals surface area contributed by atoms with Gasteiger partial charge in [-0.25, -0.2) is 0 Å². The number of hydrogen-bond donors (Lipinski definition) is 0. The molecule has 19 heavy (non-hydrogen) atoms. The molecule has 0 aliphatic rings. The first-order valence-electron chi connectivity index (χ1n) is 7.93. The zero-order chi connectivity index (χ0) is 14.9. The lowest BCUT2D eigenvalue weighted by Gasteiger charge is -2.53. The molecule has 0 spiro atoms. The number of hydrogen-bond acceptors (Lipinski definition) is 3. The second-order valence-electron chi connectivity index (χ2n) is 4.73. The van der Waals surface area contributed by atoms with Crippen molar-refractivity contribution >= 4 is 20.2 Å². The van der Waals surface area contributed by atoms with Crippen molar-refractivity contribution in [2.75, 3.05) is 45.1 Å². The molecule has 0 aromatic carbocycles. The predicted molar refractivity (Wildman–Crippen MR) is 90.0 cm³/mol. The quantitative estimate of drug-likeness (QED) is 0.429. The summed E-state index contributed by atoms with van der Waals surface area (Å²) >= 11 is 6.21. The van der Waals surface area contributed by atoms with Gasteiger partial charge in [0, 0.05) is 5.88 Å². The highest BCUT2D eigenvalue weighted by Gasteiger charge is 2.47. The molecule has 0 heterocycles. The summed E-state index contributed by atoms with van der Waals surface area (Å²) in [5.41, 5.74) is 0. The van der Waals surface area contributed by atoms with E-state index in [2.05, 4.69) is 55.2 Å². The zero-order valence-corrected chi connectivity index (χ0v) is 15.6. The van der Waals surface area contributed by atoms with Crippen LogP contribution in [0.5, 0.6) is 0 Å². The monoisotopic (exact) mass is 307 g/mol. The van der Waals surface area contributed by atoms with E-state index < -0.39 is 8.56 Å². The van der Waals surface area contributed by atoms with Crippen molar-refractivity contribution in [3.8, 4) is 0 Å². The fraction of sp³-hybridized carbons (Fsp3) is 1.00. The highest BCUT2D eigenvalue weighted by Crippen LogP contribution is 2.25. The minimum Gasteiger partial charge on any atom is -0.300 e. The molecule has 0 saturated heterocycles. The Labute approximate surface area is 127 Å². The van der Waals surface area contributed by atoms with Crippen molar-refractivity contribution in [2.45, 2.75) is 47.6 Å². The number of halogens is 1. The van der Waals surface area contributed by atoms with Crippen molar-refractivity contribution in [2.24, 2.45) is 0 Å². The first-order chi connectivity index (χ1) is 9.12. The van der Waals surface area contributed by atoms with E-state index in [1.165, 1.54) is 0 Å². The van der Waals surface area contributed by atoms with E-state index in [9.17, 15) is 0 Å². The van der Waals surface area contributed by atoms with Crippen LogP contribution in [0.4, 0.5) is 0 Å². The summed E-state index contributed by atoms with van der Waals surface area (Å²) in [5, 5.41) is 0. The molecule has 116 valence electrons. The molecular weight excluding hydrogens is 274 g/mol. The van der Waals surface area contributed by atoms with Crippen molar-refractivity contribution in [1.29, 1.82) is 0 Å². The summed E-state index contributed by atoms with van der Waals surface area (Å²) in [5.74, 6) is 0.760. The van der Waals surface area contributed by atoms with Crippen molar-refractivity contribution in [1.82, 2.24) is 13.7 Å². The van der Waals surface area contributed by atoms with Crippen LogP contribution in [-0.4, -0.2) is 67.4 Å². The molecular formula is C14H34ClN3Si. The van der Waals surface area contributed by atoms with Gasteiger partial charge in [0.25, 0.3) is 8.56 Å². The Morgan fingerprint density at radius 3 is 1.05 bits per heavy atom. The molecule has 0 radical (unpaired) electrons. The van der Waals surface area contributed by atoms with Gasteiger partial charge in [-0.3, -0.25) is 13.7 Å². The van der Waals surface area contributed by atoms with Crippen LogP contribution in [0.2, 0.25) is 6.04 Å². The van der Waals surface area contributed by atoms with E-state index in [0.29, 0.717) is 0 Å². The van der Waals surface area contributed by atoms with Gasteiger partial charge < -0.3 is 0 Å². The van der Waals surface area contributed by atoms with E-state index >= 15 is 0 Å². The van der Waals surface area contributed by atoms with Gasteiger partial charge in [0.05, 0.1) is 0 Å². The first-order valence-corrected chi connectivity index (χ1v) is 10.5. The fourth-order valence-electron chi connectivity index (χ4n) is 3.39. The Morgan fingerprint density at radius 2 is 0.895 bits per heavy atom. The van der Waals surface area contributed by atoms with Crippen molar-refractivity contribution < 1.29 is 0 Å². The van der Waals surface area contributed by atoms with Gasteiger partial charge >= 0.3 is 0 Å². The molecule has 0 fully saturated rings. The fourth-order valence-corrected chi connectivity index (χ4v) is 9.59. The van der Waals surface area contributed by atoms with E-state index in [-0.39, 0.29) is 0 Å². The minimum atomic E-state index is -1.82. The Balaban J connectivity index is 5.68. The molecule has 0 aliphatic carbocycles. The SMILES string of the molecule is CCN(CC)[Si](CCCl)(N(CC)CC)N(CC)CC. The van der Waals surface area contributed by atoms with Gasteiger partial charge in [-0.2, -0.15) is 0 Å². The summed E-state index contributed by atoms with van der Waals surface area (Å²) in [6.07, 6.45) is 0. The molecule has 0 aromatic heterocycles. The molecule has 0 aliphatic heterocycles. The summed E-state index contributed by atoms with van der Waals surface area (Å²) in [6, 6.07) is 1.12. The van der Waals surface area contributed by atoms with Gasteiger partial charge in [-0.05, 0) is 45.3 Å². The van der Waals surface area contributed by atoms with Crippen LogP contribution in [0, 0.1) is 0 Å². The molecule has 0 aromatic rings. The standard InChI is InChI=1S/C14H34ClN3Si/c1-7-16(8-2)19(14-13-15,17(9-3)10-4)18(11-5)12-6/h7-14H2,1-6H3. The third-order valence-electron chi connectivity index (χ3n) is 4.24. The van der Waals surface area contributed by atoms with Gasteiger partial charge in [0.2, 0.25) is 0 Å². The van der Waals surface area contributed by atoms with Gasteiger partial charge in [-0.1, -0.05) is 41.5 Å². The summed E-state index contributed by atoms with van der Waals surface area (Å²) < 4.78 is 8.11. The predicted octanol–water partition coefficient (Wildman–Crippen LogP) is 3.19. The zero-order valence-electron chi connectivity index (χ0n) is 13.9. The molecule has 0 N–H and O–H groups in total. The maximum Gasteiger partial charge on any atom is 0.290 e. The number of nitrogens with zero attached hydrogens (tertiary/aromatic N) is 3. The van der Waals surface area contributed by atoms with Crippen LogP contribution < -0.4 is 0 Å². The Hall–Kier alpha value is 0.387. The smallest absolute Gasteiger partial charge is 0.290 e. The lowest BCUT2D eigenvalue weighted by atomic mass is 10.6. The van der Waals surface area contributed by atoms with Crippen LogP contribution in [-0.2, 0) is 0 Å². The van der Waals surface area contributed by atoms with Gasteiger partial charge in [0.1, 0.15) is 0 Å². The number of rotatable bonds is 11. The van der Waals surface area contributed by atoms with E-state index in [0.717, 1.165) is 51.2 Å². The van der Waals surface area contributed by atoms with Gasteiger partial charge in [-0.15, -0.1) is 11.6 Å². The van der Waals surface area contributed by atoms with Crippen molar-refractivity contribution in [3.05, 3.63) is 0 Å². The minimum absolute atomic E-state index is 0.760. The average Bonchev–Trinajstić information content (AvgIpc) is 2.42. The molecule has 0 bridgehead atoms. The summed E-state index contributed by atoms with van der Waals surface area (Å²) in [4.78, 5) is 0. The highest BCUT2D eigenvalue weighted by molar-refractivity contribution is 6.72. The maximum absolute atomic E-state index is 6.21. The molecule has 0 amide bonds. The molecule has 5 heteroatoms. The van der Waals surface area contributed by atoms with Crippen LogP contribution >= 0.6 is 11.6 Å². The molecule has 0 saturated carbocycles. The van der Waals surface area contributed by atoms with Crippen LogP contribution in [0.1, 0.15) is 41.5 Å². The van der Waals surface area contributed by atoms with Crippen molar-refractivity contribution in [3.63, 3.8) is 0 Å². The topological polar surface area (TPSA) is 9.72 Å². The largest absolute Gasteiger partial charge is 0.300 e. The van der Waals surface area contributed by atoms with E-state index in [1.54, 1.807) is 0 Å². The van der Waals surface area contributed by atoms with Crippen LogP contribution in [0.3, 0.4) is 0 Å². The third-order valence-corrected chi connectivity index (χ3v) is 10.6. The molecule has 0 unspecified atom stereocenters. The lowest BCUT2D eigenvalue weighted by Crippen LogP contribution is -2.75. The summed E-state index contributed by atoms with van der Waals surface area (Å²) in [7, 11) is -1.82. The third kappa shape index (κ3) is 4.18. The van der Waals surface area contributed by atoms with E-state index in [4.69, 9.17) is 11.6 Å². The summed E-state index contributed by atoms with van der Waals surface area (Å²) in [6.45, 7) is 20.4. The lowest BCUT2D eigenvalue weighted by molar-refractivity contribution is 0.262. The van der Waals surface area contributed by atoms with Crippen LogP contribution in [0.15, 0.2) is 0 Å². The highest BCUT2D eigenvalue weighted by atomic mass is 35.5. The Bertz CT molecular complexity index is 185. The van der Waals surface area contributed by atoms with Crippen LogP contribution in [0.25, 0.3) is 0 Å². The second-order valence-corrected chi connectivity index (χ2v) is 9.05. The molecule has 3 nitrogen and oxygen atoms in total. The Kier molecular flexibility index (Phi) is 10.4. The van der Waals surface area contributed by atoms with Gasteiger partial charge in [0.15, 0.2) is 0 Å². The average molecular weight is 308 g/mol. The Morgan fingerprint density at radius 1 is 0.632 bits per heavy atom. The normalized spacial score (nSPS) is 12.9. The first kappa shape index (κ1) is 19.4. The van der Waals surface area contributed by atoms with E-state index in [1.807, 2.05) is 0 Å². The second kappa shape index (κ2) is 10.2. The number of alkyl halides is 1. The molecule has 0 rings (SSSR count). The maximum atomic E-state index is 6.21. The molecule has 0 atom stereocenters.